The molecule has 0 unspecified atom stereocenters. The molecule has 2 saturated heterocycles. The Bertz CT molecular complexity index is 390. The monoisotopic (exact) mass is 321 g/mol. The summed E-state index contributed by atoms with van der Waals surface area (Å²) >= 11 is 0. The number of aliphatic imine (C=N–C) groups is 1. The highest BCUT2D eigenvalue weighted by Crippen LogP contribution is 2.31. The molecule has 1 aliphatic carbocycles. The highest BCUT2D eigenvalue weighted by atomic mass is 15.3. The first-order chi connectivity index (χ1) is 11.2. The van der Waals surface area contributed by atoms with Gasteiger partial charge in [-0.2, -0.15) is 0 Å². The van der Waals surface area contributed by atoms with E-state index in [1.165, 1.54) is 77.5 Å². The summed E-state index contributed by atoms with van der Waals surface area (Å²) in [6.07, 6.45) is 10.6. The summed E-state index contributed by atoms with van der Waals surface area (Å²) in [7, 11) is 2.23. The van der Waals surface area contributed by atoms with Crippen LogP contribution < -0.4 is 11.1 Å². The molecular formula is C18H35N5. The third-order valence-corrected chi connectivity index (χ3v) is 6.28. The number of piperidine rings is 2. The molecule has 1 saturated carbocycles. The molecule has 2 aliphatic heterocycles. The van der Waals surface area contributed by atoms with E-state index in [0.717, 1.165) is 19.0 Å². The van der Waals surface area contributed by atoms with Gasteiger partial charge in [-0.05, 0) is 77.7 Å². The molecule has 3 rings (SSSR count). The zero-order valence-electron chi connectivity index (χ0n) is 14.9. The number of rotatable bonds is 5. The van der Waals surface area contributed by atoms with Crippen molar-refractivity contribution in [2.24, 2.45) is 16.6 Å². The molecule has 0 bridgehead atoms. The first kappa shape index (κ1) is 17.0. The van der Waals surface area contributed by atoms with Crippen molar-refractivity contribution < 1.29 is 0 Å². The lowest BCUT2D eigenvalue weighted by Crippen LogP contribution is -2.58. The minimum atomic E-state index is 0.246. The minimum Gasteiger partial charge on any atom is -0.370 e. The first-order valence-corrected chi connectivity index (χ1v) is 9.65. The van der Waals surface area contributed by atoms with Crippen LogP contribution in [0, 0.1) is 5.92 Å². The molecule has 3 N–H and O–H groups in total. The summed E-state index contributed by atoms with van der Waals surface area (Å²) < 4.78 is 0. The van der Waals surface area contributed by atoms with Crippen molar-refractivity contribution >= 4 is 5.96 Å². The highest BCUT2D eigenvalue weighted by Gasteiger charge is 2.39. The van der Waals surface area contributed by atoms with E-state index in [0.29, 0.717) is 5.96 Å². The maximum absolute atomic E-state index is 6.14. The van der Waals surface area contributed by atoms with E-state index in [4.69, 9.17) is 10.7 Å². The molecular weight excluding hydrogens is 286 g/mol. The van der Waals surface area contributed by atoms with Gasteiger partial charge in [-0.25, -0.2) is 0 Å². The topological polar surface area (TPSA) is 56.9 Å². The Kier molecular flexibility index (Phi) is 5.81. The van der Waals surface area contributed by atoms with Gasteiger partial charge in [-0.1, -0.05) is 12.8 Å². The Morgan fingerprint density at radius 1 is 1.09 bits per heavy atom. The van der Waals surface area contributed by atoms with Crippen molar-refractivity contribution in [3.05, 3.63) is 0 Å². The standard InChI is InChI=1S/C18H35N5/c1-22-12-8-18(9-13-22,23-10-3-2-4-11-23)15-21-17(19)20-14-16-6-5-7-16/h16H,2-15H2,1H3,(H3,19,20,21). The van der Waals surface area contributed by atoms with Gasteiger partial charge < -0.3 is 16.0 Å². The maximum atomic E-state index is 6.14. The molecule has 0 aromatic rings. The number of hydrogen-bond acceptors (Lipinski definition) is 3. The fourth-order valence-electron chi connectivity index (χ4n) is 4.21. The van der Waals surface area contributed by atoms with Crippen molar-refractivity contribution in [2.75, 3.05) is 46.3 Å². The lowest BCUT2D eigenvalue weighted by Gasteiger charge is -2.49. The molecule has 3 fully saturated rings. The third kappa shape index (κ3) is 4.38. The number of guanidine groups is 1. The van der Waals surface area contributed by atoms with Crippen LogP contribution in [-0.2, 0) is 0 Å². The van der Waals surface area contributed by atoms with Crippen LogP contribution in [0.5, 0.6) is 0 Å². The largest absolute Gasteiger partial charge is 0.370 e. The smallest absolute Gasteiger partial charge is 0.188 e. The van der Waals surface area contributed by atoms with Crippen LogP contribution in [0.15, 0.2) is 4.99 Å². The molecule has 5 heteroatoms. The number of nitrogens with zero attached hydrogens (tertiary/aromatic N) is 3. The summed E-state index contributed by atoms with van der Waals surface area (Å²) in [6, 6.07) is 0. The molecule has 0 spiro atoms. The van der Waals surface area contributed by atoms with Crippen molar-refractivity contribution in [1.82, 2.24) is 15.1 Å². The quantitative estimate of drug-likeness (QED) is 0.597. The Balaban J connectivity index is 1.58. The predicted octanol–water partition coefficient (Wildman–Crippen LogP) is 1.64. The van der Waals surface area contributed by atoms with Crippen molar-refractivity contribution in [3.8, 4) is 0 Å². The van der Waals surface area contributed by atoms with Crippen molar-refractivity contribution in [3.63, 3.8) is 0 Å². The normalized spacial score (nSPS) is 27.6. The molecule has 0 amide bonds. The Morgan fingerprint density at radius 3 is 2.39 bits per heavy atom. The van der Waals surface area contributed by atoms with Gasteiger partial charge in [0, 0.05) is 12.1 Å². The van der Waals surface area contributed by atoms with Gasteiger partial charge in [0.2, 0.25) is 0 Å². The van der Waals surface area contributed by atoms with Crippen LogP contribution in [0.25, 0.3) is 0 Å². The van der Waals surface area contributed by atoms with E-state index in [1.54, 1.807) is 0 Å². The molecule has 3 aliphatic rings. The van der Waals surface area contributed by atoms with E-state index in [2.05, 4.69) is 22.2 Å². The Morgan fingerprint density at radius 2 is 1.78 bits per heavy atom. The van der Waals surface area contributed by atoms with Crippen LogP contribution in [0.2, 0.25) is 0 Å². The number of likely N-dealkylation sites (tertiary alicyclic amines) is 2. The molecule has 0 radical (unpaired) electrons. The fraction of sp³-hybridized carbons (Fsp3) is 0.944. The van der Waals surface area contributed by atoms with Crippen molar-refractivity contribution in [1.29, 1.82) is 0 Å². The molecule has 5 nitrogen and oxygen atoms in total. The molecule has 132 valence electrons. The first-order valence-electron chi connectivity index (χ1n) is 9.65. The van der Waals surface area contributed by atoms with Gasteiger partial charge in [-0.15, -0.1) is 0 Å². The molecule has 0 aromatic carbocycles. The molecule has 23 heavy (non-hydrogen) atoms. The Hall–Kier alpha value is -0.810. The van der Waals surface area contributed by atoms with E-state index < -0.39 is 0 Å². The summed E-state index contributed by atoms with van der Waals surface area (Å²) in [6.45, 7) is 6.73. The zero-order valence-corrected chi connectivity index (χ0v) is 14.9. The average molecular weight is 322 g/mol. The van der Waals surface area contributed by atoms with Crippen LogP contribution in [-0.4, -0.2) is 67.6 Å². The SMILES string of the molecule is CN1CCC(CN=C(N)NCC2CCC2)(N2CCCCC2)CC1. The van der Waals surface area contributed by atoms with E-state index in [9.17, 15) is 0 Å². The highest BCUT2D eigenvalue weighted by molar-refractivity contribution is 5.77. The predicted molar refractivity (Wildman–Crippen MR) is 96.7 cm³/mol. The van der Waals surface area contributed by atoms with Crippen LogP contribution >= 0.6 is 0 Å². The number of hydrogen-bond donors (Lipinski definition) is 2. The summed E-state index contributed by atoms with van der Waals surface area (Å²) in [5, 5.41) is 3.35. The van der Waals surface area contributed by atoms with Gasteiger partial charge in [0.15, 0.2) is 5.96 Å². The second-order valence-electron chi connectivity index (χ2n) is 7.95. The lowest BCUT2D eigenvalue weighted by atomic mass is 9.84. The summed E-state index contributed by atoms with van der Waals surface area (Å²) in [5.74, 6) is 1.48. The van der Waals surface area contributed by atoms with E-state index in [-0.39, 0.29) is 5.54 Å². The number of nitrogens with two attached hydrogens (primary N) is 1. The number of nitrogens with one attached hydrogen (secondary N) is 1. The summed E-state index contributed by atoms with van der Waals surface area (Å²) in [4.78, 5) is 9.95. The average Bonchev–Trinajstić information content (AvgIpc) is 2.54. The fourth-order valence-corrected chi connectivity index (χ4v) is 4.21. The van der Waals surface area contributed by atoms with E-state index >= 15 is 0 Å². The summed E-state index contributed by atoms with van der Waals surface area (Å²) in [5.41, 5.74) is 6.39. The van der Waals surface area contributed by atoms with E-state index in [1.807, 2.05) is 0 Å². The zero-order chi connectivity index (χ0) is 16.1. The van der Waals surface area contributed by atoms with Gasteiger partial charge in [0.25, 0.3) is 0 Å². The minimum absolute atomic E-state index is 0.246. The molecule has 2 heterocycles. The lowest BCUT2D eigenvalue weighted by molar-refractivity contribution is 0.0208. The second-order valence-corrected chi connectivity index (χ2v) is 7.95. The van der Waals surface area contributed by atoms with Gasteiger partial charge in [0.05, 0.1) is 6.54 Å². The van der Waals surface area contributed by atoms with Crippen LogP contribution in [0.1, 0.15) is 51.4 Å². The molecule has 0 atom stereocenters. The van der Waals surface area contributed by atoms with Gasteiger partial charge in [-0.3, -0.25) is 9.89 Å². The maximum Gasteiger partial charge on any atom is 0.188 e. The van der Waals surface area contributed by atoms with Gasteiger partial charge in [0.1, 0.15) is 0 Å². The Labute approximate surface area is 141 Å². The van der Waals surface area contributed by atoms with Crippen LogP contribution in [0.3, 0.4) is 0 Å². The third-order valence-electron chi connectivity index (χ3n) is 6.28. The second kappa shape index (κ2) is 7.84. The van der Waals surface area contributed by atoms with Gasteiger partial charge >= 0.3 is 0 Å². The van der Waals surface area contributed by atoms with Crippen LogP contribution in [0.4, 0.5) is 0 Å². The van der Waals surface area contributed by atoms with Crippen molar-refractivity contribution in [2.45, 2.75) is 56.9 Å². The molecule has 0 aromatic heterocycles.